The molecule has 6 nitrogen and oxygen atoms in total. The average molecular weight is 419 g/mol. The van der Waals surface area contributed by atoms with Gasteiger partial charge >= 0.3 is 0 Å². The lowest BCUT2D eigenvalue weighted by Gasteiger charge is -2.35. The van der Waals surface area contributed by atoms with E-state index in [0.29, 0.717) is 25.3 Å². The lowest BCUT2D eigenvalue weighted by molar-refractivity contribution is -0.144. The smallest absolute Gasteiger partial charge is 0.261 e. The number of carbonyl (C=O) groups is 2. The number of pyridine rings is 1. The van der Waals surface area contributed by atoms with Crippen molar-refractivity contribution in [3.8, 4) is 16.9 Å². The first-order valence-corrected chi connectivity index (χ1v) is 10.0. The van der Waals surface area contributed by atoms with Crippen molar-refractivity contribution in [3.63, 3.8) is 0 Å². The third kappa shape index (κ3) is 5.06. The van der Waals surface area contributed by atoms with Gasteiger partial charge in [-0.1, -0.05) is 24.3 Å². The summed E-state index contributed by atoms with van der Waals surface area (Å²) in [7, 11) is 0. The molecule has 1 aliphatic heterocycles. The minimum Gasteiger partial charge on any atom is -0.484 e. The highest BCUT2D eigenvalue weighted by atomic mass is 19.1. The van der Waals surface area contributed by atoms with Gasteiger partial charge in [-0.3, -0.25) is 14.6 Å². The van der Waals surface area contributed by atoms with Crippen molar-refractivity contribution >= 4 is 11.8 Å². The Bertz CT molecular complexity index is 1040. The quantitative estimate of drug-likeness (QED) is 0.667. The maximum atomic E-state index is 13.0. The summed E-state index contributed by atoms with van der Waals surface area (Å²) in [4.78, 5) is 30.9. The first-order valence-electron chi connectivity index (χ1n) is 10.0. The number of rotatable bonds is 6. The molecule has 0 radical (unpaired) electrons. The molecular weight excluding hydrogens is 397 g/mol. The number of nitrogens with one attached hydrogen (secondary N) is 1. The van der Waals surface area contributed by atoms with Crippen LogP contribution < -0.4 is 10.1 Å². The van der Waals surface area contributed by atoms with Gasteiger partial charge in [0.15, 0.2) is 6.61 Å². The van der Waals surface area contributed by atoms with Crippen molar-refractivity contribution < 1.29 is 18.7 Å². The molecule has 0 saturated carbocycles. The number of hydrogen-bond acceptors (Lipinski definition) is 4. The molecule has 0 bridgehead atoms. The maximum absolute atomic E-state index is 13.0. The number of ether oxygens (including phenoxy) is 1. The zero-order valence-electron chi connectivity index (χ0n) is 16.8. The van der Waals surface area contributed by atoms with Crippen LogP contribution in [0.25, 0.3) is 11.1 Å². The number of nitrogens with zero attached hydrogens (tertiary/aromatic N) is 2. The van der Waals surface area contributed by atoms with E-state index in [1.165, 1.54) is 24.3 Å². The Hall–Kier alpha value is -3.74. The van der Waals surface area contributed by atoms with Crippen LogP contribution in [-0.4, -0.2) is 47.4 Å². The molecule has 1 saturated heterocycles. The molecule has 7 heteroatoms. The van der Waals surface area contributed by atoms with Crippen molar-refractivity contribution in [2.45, 2.75) is 12.5 Å². The molecule has 1 fully saturated rings. The predicted molar refractivity (Wildman–Crippen MR) is 114 cm³/mol. The molecule has 1 N–H and O–H groups in total. The first kappa shape index (κ1) is 20.5. The van der Waals surface area contributed by atoms with Gasteiger partial charge in [-0.25, -0.2) is 4.39 Å². The van der Waals surface area contributed by atoms with Crippen LogP contribution in [0, 0.1) is 5.82 Å². The highest BCUT2D eigenvalue weighted by Gasteiger charge is 2.33. The van der Waals surface area contributed by atoms with Crippen molar-refractivity contribution in [1.82, 2.24) is 15.2 Å². The van der Waals surface area contributed by atoms with E-state index in [9.17, 15) is 14.0 Å². The summed E-state index contributed by atoms with van der Waals surface area (Å²) in [6.45, 7) is 0.603. The van der Waals surface area contributed by atoms with Crippen LogP contribution >= 0.6 is 0 Å². The van der Waals surface area contributed by atoms with E-state index in [-0.39, 0.29) is 24.2 Å². The van der Waals surface area contributed by atoms with Crippen molar-refractivity contribution in [1.29, 1.82) is 0 Å². The van der Waals surface area contributed by atoms with Crippen LogP contribution in [0.4, 0.5) is 4.39 Å². The summed E-state index contributed by atoms with van der Waals surface area (Å²) >= 11 is 0. The molecule has 2 aromatic carbocycles. The Labute approximate surface area is 179 Å². The standard InChI is InChI=1S/C24H22FN3O3/c25-20-5-7-21(8-6-20)31-16-23(29)28-14-13-27-24(30)22(28)15-17-1-3-18(4-2-17)19-9-11-26-12-10-19/h1-12,22H,13-16H2,(H,27,30). The Balaban J connectivity index is 1.43. The molecule has 3 aromatic rings. The molecule has 31 heavy (non-hydrogen) atoms. The van der Waals surface area contributed by atoms with E-state index < -0.39 is 6.04 Å². The maximum Gasteiger partial charge on any atom is 0.261 e. The molecule has 1 unspecified atom stereocenters. The minimum atomic E-state index is -0.607. The van der Waals surface area contributed by atoms with Gasteiger partial charge in [0.25, 0.3) is 5.91 Å². The van der Waals surface area contributed by atoms with Crippen LogP contribution in [0.1, 0.15) is 5.56 Å². The van der Waals surface area contributed by atoms with E-state index in [0.717, 1.165) is 16.7 Å². The second kappa shape index (κ2) is 9.38. The average Bonchev–Trinajstić information content (AvgIpc) is 2.81. The molecule has 0 spiro atoms. The number of aromatic nitrogens is 1. The zero-order chi connectivity index (χ0) is 21.6. The summed E-state index contributed by atoms with van der Waals surface area (Å²) in [5, 5.41) is 2.83. The summed E-state index contributed by atoms with van der Waals surface area (Å²) < 4.78 is 18.5. The van der Waals surface area contributed by atoms with Crippen LogP contribution in [0.5, 0.6) is 5.75 Å². The van der Waals surface area contributed by atoms with Crippen LogP contribution in [-0.2, 0) is 16.0 Å². The van der Waals surface area contributed by atoms with Crippen LogP contribution in [0.3, 0.4) is 0 Å². The van der Waals surface area contributed by atoms with E-state index >= 15 is 0 Å². The number of halogens is 1. The fourth-order valence-electron chi connectivity index (χ4n) is 3.58. The fraction of sp³-hybridized carbons (Fsp3) is 0.208. The molecule has 4 rings (SSSR count). The normalized spacial score (nSPS) is 16.0. The predicted octanol–water partition coefficient (Wildman–Crippen LogP) is 2.84. The monoisotopic (exact) mass is 419 g/mol. The molecule has 0 aliphatic carbocycles. The lowest BCUT2D eigenvalue weighted by Crippen LogP contribution is -2.58. The molecule has 1 aromatic heterocycles. The molecule has 1 atom stereocenters. The highest BCUT2D eigenvalue weighted by molar-refractivity contribution is 5.89. The van der Waals surface area contributed by atoms with E-state index in [1.807, 2.05) is 36.4 Å². The van der Waals surface area contributed by atoms with Crippen molar-refractivity contribution in [2.24, 2.45) is 0 Å². The van der Waals surface area contributed by atoms with Gasteiger partial charge in [-0.2, -0.15) is 0 Å². The number of piperazine rings is 1. The molecular formula is C24H22FN3O3. The second-order valence-electron chi connectivity index (χ2n) is 7.27. The summed E-state index contributed by atoms with van der Waals surface area (Å²) in [5.41, 5.74) is 3.07. The van der Waals surface area contributed by atoms with Crippen LogP contribution in [0.15, 0.2) is 73.1 Å². The largest absolute Gasteiger partial charge is 0.484 e. The lowest BCUT2D eigenvalue weighted by atomic mass is 9.99. The SMILES string of the molecule is O=C1NCCN(C(=O)COc2ccc(F)cc2)C1Cc1ccc(-c2ccncc2)cc1. The molecule has 1 aliphatic rings. The topological polar surface area (TPSA) is 71.5 Å². The van der Waals surface area contributed by atoms with E-state index in [4.69, 9.17) is 4.74 Å². The number of benzene rings is 2. The van der Waals surface area contributed by atoms with Gasteiger partial charge in [0.1, 0.15) is 17.6 Å². The van der Waals surface area contributed by atoms with Gasteiger partial charge in [0.05, 0.1) is 0 Å². The number of amides is 2. The zero-order valence-corrected chi connectivity index (χ0v) is 16.8. The van der Waals surface area contributed by atoms with Gasteiger partial charge in [-0.15, -0.1) is 0 Å². The highest BCUT2D eigenvalue weighted by Crippen LogP contribution is 2.21. The Kier molecular flexibility index (Phi) is 6.21. The van der Waals surface area contributed by atoms with Crippen LogP contribution in [0.2, 0.25) is 0 Å². The summed E-state index contributed by atoms with van der Waals surface area (Å²) in [5.74, 6) is -0.432. The summed E-state index contributed by atoms with van der Waals surface area (Å²) in [6.07, 6.45) is 3.89. The Morgan fingerprint density at radius 1 is 1.03 bits per heavy atom. The number of hydrogen-bond donors (Lipinski definition) is 1. The second-order valence-corrected chi connectivity index (χ2v) is 7.27. The molecule has 158 valence electrons. The number of carbonyl (C=O) groups excluding carboxylic acids is 2. The van der Waals surface area contributed by atoms with Gasteiger partial charge < -0.3 is 15.0 Å². The van der Waals surface area contributed by atoms with Gasteiger partial charge in [-0.05, 0) is 53.1 Å². The molecule has 2 amide bonds. The Morgan fingerprint density at radius 3 is 2.42 bits per heavy atom. The summed E-state index contributed by atoms with van der Waals surface area (Å²) in [6, 6.07) is 16.7. The third-order valence-electron chi connectivity index (χ3n) is 5.22. The van der Waals surface area contributed by atoms with Gasteiger partial charge in [0, 0.05) is 31.9 Å². The van der Waals surface area contributed by atoms with E-state index in [2.05, 4.69) is 10.3 Å². The van der Waals surface area contributed by atoms with Crippen molar-refractivity contribution in [3.05, 3.63) is 84.4 Å². The molecule has 2 heterocycles. The third-order valence-corrected chi connectivity index (χ3v) is 5.22. The Morgan fingerprint density at radius 2 is 1.71 bits per heavy atom. The fourth-order valence-corrected chi connectivity index (χ4v) is 3.58. The minimum absolute atomic E-state index is 0.181. The van der Waals surface area contributed by atoms with Gasteiger partial charge in [0.2, 0.25) is 5.91 Å². The first-order chi connectivity index (χ1) is 15.1. The van der Waals surface area contributed by atoms with Crippen molar-refractivity contribution in [2.75, 3.05) is 19.7 Å². The van der Waals surface area contributed by atoms with E-state index in [1.54, 1.807) is 17.3 Å².